The van der Waals surface area contributed by atoms with Crippen molar-refractivity contribution in [3.63, 3.8) is 0 Å². The van der Waals surface area contributed by atoms with Gasteiger partial charge in [-0.05, 0) is 24.4 Å². The second kappa shape index (κ2) is 5.53. The van der Waals surface area contributed by atoms with Crippen LogP contribution >= 0.6 is 0 Å². The lowest BCUT2D eigenvalue weighted by Crippen LogP contribution is -2.03. The van der Waals surface area contributed by atoms with E-state index in [2.05, 4.69) is 17.1 Å². The van der Waals surface area contributed by atoms with Crippen LogP contribution in [0.15, 0.2) is 30.3 Å². The summed E-state index contributed by atoms with van der Waals surface area (Å²) in [6.07, 6.45) is 0.405. The van der Waals surface area contributed by atoms with Crippen LogP contribution in [0.3, 0.4) is 0 Å². The van der Waals surface area contributed by atoms with E-state index in [0.717, 1.165) is 18.3 Å². The van der Waals surface area contributed by atoms with Gasteiger partial charge in [0.05, 0.1) is 6.10 Å². The second-order valence-electron chi connectivity index (χ2n) is 3.43. The van der Waals surface area contributed by atoms with Crippen molar-refractivity contribution in [2.75, 3.05) is 7.11 Å². The number of H-pyrrole nitrogens is 1. The average Bonchev–Trinajstić information content (AvgIpc) is 2.61. The molecular formula is C12H17NO2. The second-order valence-corrected chi connectivity index (χ2v) is 3.43. The third-order valence-electron chi connectivity index (χ3n) is 2.10. The minimum Gasteiger partial charge on any atom is -0.400 e. The number of nitrogens with one attached hydrogen (secondary N) is 1. The molecule has 3 heteroatoms. The zero-order valence-corrected chi connectivity index (χ0v) is 9.07. The van der Waals surface area contributed by atoms with Crippen molar-refractivity contribution in [1.29, 1.82) is 0 Å². The zero-order valence-electron chi connectivity index (χ0n) is 9.07. The highest BCUT2D eigenvalue weighted by molar-refractivity contribution is 5.80. The van der Waals surface area contributed by atoms with Crippen LogP contribution in [0.1, 0.15) is 12.6 Å². The Morgan fingerprint density at radius 3 is 2.53 bits per heavy atom. The van der Waals surface area contributed by atoms with Gasteiger partial charge in [0.1, 0.15) is 0 Å². The summed E-state index contributed by atoms with van der Waals surface area (Å²) >= 11 is 0. The summed E-state index contributed by atoms with van der Waals surface area (Å²) in [6, 6.07) is 10.2. The number of aliphatic hydroxyl groups excluding tert-OH is 2. The number of hydrogen-bond acceptors (Lipinski definition) is 2. The normalized spacial score (nSPS) is 12.0. The van der Waals surface area contributed by atoms with Crippen LogP contribution in [0.25, 0.3) is 10.9 Å². The first-order chi connectivity index (χ1) is 7.25. The number of fused-ring (bicyclic) bond motifs is 1. The summed E-state index contributed by atoms with van der Waals surface area (Å²) in [4.78, 5) is 3.27. The van der Waals surface area contributed by atoms with Crippen molar-refractivity contribution >= 4 is 10.9 Å². The third kappa shape index (κ3) is 3.08. The van der Waals surface area contributed by atoms with Crippen molar-refractivity contribution in [3.8, 4) is 0 Å². The maximum atomic E-state index is 9.21. The molecule has 0 aliphatic carbocycles. The fourth-order valence-corrected chi connectivity index (χ4v) is 1.56. The molecule has 1 atom stereocenters. The van der Waals surface area contributed by atoms with Crippen LogP contribution < -0.4 is 0 Å². The largest absolute Gasteiger partial charge is 0.400 e. The predicted molar refractivity (Wildman–Crippen MR) is 61.8 cm³/mol. The number of aromatic nitrogens is 1. The molecule has 0 aliphatic rings. The fraction of sp³-hybridized carbons (Fsp3) is 0.333. The molecule has 0 aliphatic heterocycles. The SMILES string of the molecule is CC(O)Cc1cc2ccccc2[nH]1.CO. The smallest absolute Gasteiger partial charge is 0.0566 e. The van der Waals surface area contributed by atoms with Gasteiger partial charge in [-0.1, -0.05) is 18.2 Å². The average molecular weight is 207 g/mol. The Balaban J connectivity index is 0.000000531. The molecule has 0 saturated carbocycles. The molecule has 1 aromatic heterocycles. The van der Waals surface area contributed by atoms with Crippen molar-refractivity contribution in [1.82, 2.24) is 4.98 Å². The Bertz CT molecular complexity index is 374. The minimum atomic E-state index is -0.284. The molecule has 2 rings (SSSR count). The van der Waals surface area contributed by atoms with Crippen LogP contribution in [0.4, 0.5) is 0 Å². The molecule has 1 heterocycles. The topological polar surface area (TPSA) is 56.2 Å². The monoisotopic (exact) mass is 207 g/mol. The highest BCUT2D eigenvalue weighted by Crippen LogP contribution is 2.15. The Hall–Kier alpha value is -1.32. The van der Waals surface area contributed by atoms with Gasteiger partial charge in [0.2, 0.25) is 0 Å². The van der Waals surface area contributed by atoms with Gasteiger partial charge in [-0.25, -0.2) is 0 Å². The molecule has 3 N–H and O–H groups in total. The van der Waals surface area contributed by atoms with Crippen LogP contribution in [-0.4, -0.2) is 28.4 Å². The van der Waals surface area contributed by atoms with Gasteiger partial charge < -0.3 is 15.2 Å². The van der Waals surface area contributed by atoms with E-state index >= 15 is 0 Å². The molecule has 0 saturated heterocycles. The van der Waals surface area contributed by atoms with E-state index in [4.69, 9.17) is 5.11 Å². The van der Waals surface area contributed by atoms with E-state index in [0.29, 0.717) is 6.42 Å². The number of rotatable bonds is 2. The summed E-state index contributed by atoms with van der Waals surface area (Å²) in [5.41, 5.74) is 2.23. The van der Waals surface area contributed by atoms with Crippen LogP contribution in [0.2, 0.25) is 0 Å². The molecule has 1 aromatic carbocycles. The van der Waals surface area contributed by atoms with Gasteiger partial charge in [0.15, 0.2) is 0 Å². The summed E-state index contributed by atoms with van der Waals surface area (Å²) in [5, 5.41) is 17.4. The maximum Gasteiger partial charge on any atom is 0.0566 e. The lowest BCUT2D eigenvalue weighted by molar-refractivity contribution is 0.194. The summed E-state index contributed by atoms with van der Waals surface area (Å²) in [5.74, 6) is 0. The molecule has 0 amide bonds. The zero-order chi connectivity index (χ0) is 11.3. The first kappa shape index (κ1) is 11.8. The number of aliphatic hydroxyl groups is 2. The Labute approximate surface area is 89.4 Å². The standard InChI is InChI=1S/C11H13NO.CH4O/c1-8(13)6-10-7-9-4-2-3-5-11(9)12-10;1-2/h2-5,7-8,12-13H,6H2,1H3;2H,1H3. The van der Waals surface area contributed by atoms with Gasteiger partial charge >= 0.3 is 0 Å². The molecule has 15 heavy (non-hydrogen) atoms. The number of aromatic amines is 1. The number of para-hydroxylation sites is 1. The molecule has 0 fully saturated rings. The lowest BCUT2D eigenvalue weighted by atomic mass is 10.2. The molecule has 2 aromatic rings. The van der Waals surface area contributed by atoms with Gasteiger partial charge in [-0.2, -0.15) is 0 Å². The van der Waals surface area contributed by atoms with E-state index in [1.165, 1.54) is 5.39 Å². The fourth-order valence-electron chi connectivity index (χ4n) is 1.56. The van der Waals surface area contributed by atoms with Crippen LogP contribution in [-0.2, 0) is 6.42 Å². The highest BCUT2D eigenvalue weighted by atomic mass is 16.3. The van der Waals surface area contributed by atoms with E-state index in [9.17, 15) is 5.11 Å². The maximum absolute atomic E-state index is 9.21. The molecule has 0 spiro atoms. The Morgan fingerprint density at radius 2 is 1.93 bits per heavy atom. The summed E-state index contributed by atoms with van der Waals surface area (Å²) in [7, 11) is 1.00. The molecule has 82 valence electrons. The van der Waals surface area contributed by atoms with Crippen LogP contribution in [0.5, 0.6) is 0 Å². The third-order valence-corrected chi connectivity index (χ3v) is 2.10. The quantitative estimate of drug-likeness (QED) is 0.702. The number of benzene rings is 1. The van der Waals surface area contributed by atoms with E-state index in [-0.39, 0.29) is 6.10 Å². The summed E-state index contributed by atoms with van der Waals surface area (Å²) < 4.78 is 0. The minimum absolute atomic E-state index is 0.284. The predicted octanol–water partition coefficient (Wildman–Crippen LogP) is 1.70. The van der Waals surface area contributed by atoms with E-state index in [1.54, 1.807) is 6.92 Å². The van der Waals surface area contributed by atoms with Crippen molar-refractivity contribution in [2.45, 2.75) is 19.4 Å². The van der Waals surface area contributed by atoms with Crippen LogP contribution in [0, 0.1) is 0 Å². The molecule has 0 radical (unpaired) electrons. The molecule has 0 bridgehead atoms. The van der Waals surface area contributed by atoms with Gasteiger partial charge in [0.25, 0.3) is 0 Å². The van der Waals surface area contributed by atoms with Gasteiger partial charge in [-0.15, -0.1) is 0 Å². The molecular weight excluding hydrogens is 190 g/mol. The lowest BCUT2D eigenvalue weighted by Gasteiger charge is -1.99. The first-order valence-corrected chi connectivity index (χ1v) is 4.95. The van der Waals surface area contributed by atoms with E-state index in [1.807, 2.05) is 18.2 Å². The van der Waals surface area contributed by atoms with Crippen molar-refractivity contribution in [3.05, 3.63) is 36.0 Å². The first-order valence-electron chi connectivity index (χ1n) is 4.95. The van der Waals surface area contributed by atoms with Gasteiger partial charge in [-0.3, -0.25) is 0 Å². The Kier molecular flexibility index (Phi) is 4.34. The Morgan fingerprint density at radius 1 is 1.27 bits per heavy atom. The van der Waals surface area contributed by atoms with Crippen molar-refractivity contribution < 1.29 is 10.2 Å². The van der Waals surface area contributed by atoms with E-state index < -0.39 is 0 Å². The number of hydrogen-bond donors (Lipinski definition) is 3. The highest BCUT2D eigenvalue weighted by Gasteiger charge is 2.02. The van der Waals surface area contributed by atoms with Gasteiger partial charge in [0, 0.05) is 24.7 Å². The van der Waals surface area contributed by atoms with Crippen molar-refractivity contribution in [2.24, 2.45) is 0 Å². The molecule has 1 unspecified atom stereocenters. The summed E-state index contributed by atoms with van der Waals surface area (Å²) in [6.45, 7) is 1.80. The molecule has 3 nitrogen and oxygen atoms in total.